The predicted octanol–water partition coefficient (Wildman–Crippen LogP) is 3.38. The van der Waals surface area contributed by atoms with Gasteiger partial charge in [-0.15, -0.1) is 0 Å². The van der Waals surface area contributed by atoms with Gasteiger partial charge in [-0.25, -0.2) is 0 Å². The molecule has 1 amide bonds. The average Bonchev–Trinajstić information content (AvgIpc) is 2.92. The average molecular weight is 322 g/mol. The van der Waals surface area contributed by atoms with Crippen LogP contribution in [-0.2, 0) is 6.42 Å². The fraction of sp³-hybridized carbons (Fsp3) is 0.263. The summed E-state index contributed by atoms with van der Waals surface area (Å²) in [6, 6.07) is 11.4. The summed E-state index contributed by atoms with van der Waals surface area (Å²) in [5.41, 5.74) is 3.28. The fourth-order valence-electron chi connectivity index (χ4n) is 3.34. The maximum atomic E-state index is 13.2. The Morgan fingerprint density at radius 3 is 2.88 bits per heavy atom. The van der Waals surface area contributed by atoms with Gasteiger partial charge in [0.2, 0.25) is 0 Å². The summed E-state index contributed by atoms with van der Waals surface area (Å²) in [7, 11) is 1.57. The zero-order valence-electron chi connectivity index (χ0n) is 13.7. The molecule has 0 aliphatic carbocycles. The Bertz CT molecular complexity index is 845. The van der Waals surface area contributed by atoms with E-state index in [1.807, 2.05) is 36.2 Å². The normalized spacial score (nSPS) is 17.8. The molecule has 2 aliphatic rings. The summed E-state index contributed by atoms with van der Waals surface area (Å²) >= 11 is 0. The first-order valence-electron chi connectivity index (χ1n) is 8.03. The number of methoxy groups -OCH3 is 1. The third-order valence-electron chi connectivity index (χ3n) is 4.43. The number of hydrogen-bond acceptors (Lipinski definition) is 4. The van der Waals surface area contributed by atoms with E-state index in [1.165, 1.54) is 5.56 Å². The summed E-state index contributed by atoms with van der Waals surface area (Å²) < 4.78 is 11.0. The second-order valence-electron chi connectivity index (χ2n) is 5.81. The Morgan fingerprint density at radius 1 is 1.25 bits per heavy atom. The summed E-state index contributed by atoms with van der Waals surface area (Å²) in [4.78, 5) is 19.5. The van der Waals surface area contributed by atoms with Crippen molar-refractivity contribution < 1.29 is 14.3 Å². The van der Waals surface area contributed by atoms with Crippen LogP contribution < -0.4 is 14.4 Å². The largest absolute Gasteiger partial charge is 0.493 e. The van der Waals surface area contributed by atoms with Crippen LogP contribution in [0.4, 0.5) is 11.4 Å². The molecule has 2 aromatic rings. The zero-order valence-corrected chi connectivity index (χ0v) is 13.7. The van der Waals surface area contributed by atoms with E-state index in [0.29, 0.717) is 29.4 Å². The maximum Gasteiger partial charge on any atom is 0.261 e. The molecule has 0 saturated heterocycles. The zero-order chi connectivity index (χ0) is 16.7. The van der Waals surface area contributed by atoms with Crippen molar-refractivity contribution in [2.45, 2.75) is 19.4 Å². The summed E-state index contributed by atoms with van der Waals surface area (Å²) in [6.07, 6.45) is 2.64. The molecule has 2 aliphatic heterocycles. The number of carbonyl (C=O) groups is 1. The molecule has 0 saturated carbocycles. The Balaban J connectivity index is 1.84. The molecule has 0 radical (unpaired) electrons. The van der Waals surface area contributed by atoms with Gasteiger partial charge in [0.1, 0.15) is 0 Å². The quantitative estimate of drug-likeness (QED) is 0.870. The summed E-state index contributed by atoms with van der Waals surface area (Å²) in [5.74, 6) is 1.09. The third kappa shape index (κ3) is 2.16. The lowest BCUT2D eigenvalue weighted by Crippen LogP contribution is -2.37. The van der Waals surface area contributed by atoms with Gasteiger partial charge in [0.05, 0.1) is 31.0 Å². The van der Waals surface area contributed by atoms with E-state index < -0.39 is 0 Å². The molecule has 0 bridgehead atoms. The number of fused-ring (bicyclic) bond motifs is 4. The molecule has 4 rings (SSSR count). The number of benzene rings is 2. The van der Waals surface area contributed by atoms with Gasteiger partial charge in [-0.1, -0.05) is 18.2 Å². The van der Waals surface area contributed by atoms with Crippen molar-refractivity contribution in [2.75, 3.05) is 18.6 Å². The number of carbonyl (C=O) groups excluding carboxylic acids is 1. The molecule has 1 atom stereocenters. The Hall–Kier alpha value is -2.82. The highest BCUT2D eigenvalue weighted by molar-refractivity contribution is 6.14. The second kappa shape index (κ2) is 5.67. The van der Waals surface area contributed by atoms with Crippen molar-refractivity contribution >= 4 is 23.5 Å². The monoisotopic (exact) mass is 322 g/mol. The molecular weight excluding hydrogens is 304 g/mol. The van der Waals surface area contributed by atoms with Gasteiger partial charge in [-0.2, -0.15) is 0 Å². The van der Waals surface area contributed by atoms with Gasteiger partial charge < -0.3 is 9.47 Å². The molecule has 0 N–H and O–H groups in total. The highest BCUT2D eigenvalue weighted by Gasteiger charge is 2.36. The summed E-state index contributed by atoms with van der Waals surface area (Å²) in [6.45, 7) is 2.43. The fourth-order valence-corrected chi connectivity index (χ4v) is 3.34. The van der Waals surface area contributed by atoms with Crippen molar-refractivity contribution in [3.63, 3.8) is 0 Å². The first-order chi connectivity index (χ1) is 11.7. The van der Waals surface area contributed by atoms with E-state index in [1.54, 1.807) is 19.2 Å². The van der Waals surface area contributed by atoms with Gasteiger partial charge in [-0.05, 0) is 24.6 Å². The van der Waals surface area contributed by atoms with Crippen LogP contribution in [0, 0.1) is 0 Å². The van der Waals surface area contributed by atoms with Crippen molar-refractivity contribution in [2.24, 2.45) is 4.99 Å². The van der Waals surface area contributed by atoms with E-state index in [9.17, 15) is 4.79 Å². The van der Waals surface area contributed by atoms with E-state index in [2.05, 4.69) is 11.1 Å². The standard InChI is InChI=1S/C19H18N2O3/c1-3-24-18-10-15-14(9-17(18)23-2)19(22)21-13(11-20-15)8-12-6-4-5-7-16(12)21/h4-7,9-11,13H,3,8H2,1-2H3/t13-/m0/s1. The van der Waals surface area contributed by atoms with Crippen molar-refractivity contribution in [3.8, 4) is 11.5 Å². The first-order valence-corrected chi connectivity index (χ1v) is 8.03. The number of amides is 1. The van der Waals surface area contributed by atoms with Crippen molar-refractivity contribution in [3.05, 3.63) is 47.5 Å². The Kier molecular flexibility index (Phi) is 3.49. The number of hydrogen-bond donors (Lipinski definition) is 0. The van der Waals surface area contributed by atoms with Crippen LogP contribution >= 0.6 is 0 Å². The second-order valence-corrected chi connectivity index (χ2v) is 5.81. The number of nitrogens with zero attached hydrogens (tertiary/aromatic N) is 2. The lowest BCUT2D eigenvalue weighted by Gasteiger charge is -2.22. The lowest BCUT2D eigenvalue weighted by atomic mass is 10.1. The van der Waals surface area contributed by atoms with Crippen LogP contribution in [0.5, 0.6) is 11.5 Å². The molecule has 0 spiro atoms. The molecule has 122 valence electrons. The van der Waals surface area contributed by atoms with Crippen molar-refractivity contribution in [1.29, 1.82) is 0 Å². The van der Waals surface area contributed by atoms with Crippen LogP contribution in [0.25, 0.3) is 0 Å². The molecule has 0 aromatic heterocycles. The van der Waals surface area contributed by atoms with E-state index in [4.69, 9.17) is 9.47 Å². The smallest absolute Gasteiger partial charge is 0.261 e. The topological polar surface area (TPSA) is 51.1 Å². The Morgan fingerprint density at radius 2 is 2.08 bits per heavy atom. The molecule has 0 fully saturated rings. The van der Waals surface area contributed by atoms with Gasteiger partial charge >= 0.3 is 0 Å². The number of rotatable bonds is 3. The molecule has 0 unspecified atom stereocenters. The molecular formula is C19H18N2O3. The highest BCUT2D eigenvalue weighted by Crippen LogP contribution is 2.40. The van der Waals surface area contributed by atoms with Crippen LogP contribution in [-0.4, -0.2) is 31.9 Å². The van der Waals surface area contributed by atoms with E-state index in [0.717, 1.165) is 12.1 Å². The minimum atomic E-state index is -0.0567. The van der Waals surface area contributed by atoms with Crippen LogP contribution in [0.1, 0.15) is 22.8 Å². The first kappa shape index (κ1) is 14.8. The number of anilines is 1. The van der Waals surface area contributed by atoms with E-state index in [-0.39, 0.29) is 11.9 Å². The Labute approximate surface area is 140 Å². The molecule has 5 heteroatoms. The minimum absolute atomic E-state index is 0.0520. The summed E-state index contributed by atoms with van der Waals surface area (Å²) in [5, 5.41) is 0. The number of ether oxygens (including phenoxy) is 2. The van der Waals surface area contributed by atoms with E-state index >= 15 is 0 Å². The number of para-hydroxylation sites is 1. The van der Waals surface area contributed by atoms with Crippen LogP contribution in [0.2, 0.25) is 0 Å². The molecule has 24 heavy (non-hydrogen) atoms. The van der Waals surface area contributed by atoms with Crippen LogP contribution in [0.15, 0.2) is 41.4 Å². The molecule has 2 heterocycles. The van der Waals surface area contributed by atoms with Crippen molar-refractivity contribution in [1.82, 2.24) is 0 Å². The highest BCUT2D eigenvalue weighted by atomic mass is 16.5. The van der Waals surface area contributed by atoms with Crippen LogP contribution in [0.3, 0.4) is 0 Å². The number of aliphatic imine (C=N–C) groups is 1. The lowest BCUT2D eigenvalue weighted by molar-refractivity contribution is 0.0986. The maximum absolute atomic E-state index is 13.2. The molecule has 5 nitrogen and oxygen atoms in total. The minimum Gasteiger partial charge on any atom is -0.493 e. The molecule has 2 aromatic carbocycles. The van der Waals surface area contributed by atoms with Gasteiger partial charge in [-0.3, -0.25) is 14.7 Å². The SMILES string of the molecule is CCOc1cc2c(cc1OC)C(=O)N1c3ccccc3C[C@H]1C=N2. The van der Waals surface area contributed by atoms with Gasteiger partial charge in [0.25, 0.3) is 5.91 Å². The predicted molar refractivity (Wildman–Crippen MR) is 93.1 cm³/mol. The van der Waals surface area contributed by atoms with Gasteiger partial charge in [0, 0.05) is 24.4 Å². The third-order valence-corrected chi connectivity index (χ3v) is 4.43. The van der Waals surface area contributed by atoms with Gasteiger partial charge in [0.15, 0.2) is 11.5 Å².